The van der Waals surface area contributed by atoms with Crippen LogP contribution in [-0.4, -0.2) is 4.98 Å². The second-order valence-electron chi connectivity index (χ2n) is 3.76. The van der Waals surface area contributed by atoms with Crippen LogP contribution in [0.25, 0.3) is 0 Å². The molecule has 0 saturated carbocycles. The normalized spacial score (nSPS) is 9.83. The van der Waals surface area contributed by atoms with Crippen LogP contribution in [0.15, 0.2) is 36.5 Å². The number of nitriles is 1. The van der Waals surface area contributed by atoms with Crippen LogP contribution in [0.5, 0.6) is 11.5 Å². The zero-order valence-electron chi connectivity index (χ0n) is 9.85. The summed E-state index contributed by atoms with van der Waals surface area (Å²) in [5, 5.41) is 9.84. The van der Waals surface area contributed by atoms with Crippen molar-refractivity contribution in [2.75, 3.05) is 0 Å². The molecule has 0 atom stereocenters. The van der Waals surface area contributed by atoms with Crippen LogP contribution in [0.4, 0.5) is 0 Å². The predicted molar refractivity (Wildman–Crippen MR) is 72.8 cm³/mol. The lowest BCUT2D eigenvalue weighted by Gasteiger charge is -2.09. The lowest BCUT2D eigenvalue weighted by atomic mass is 10.1. The Hall–Kier alpha value is -1.86. The monoisotopic (exact) mass is 302 g/mol. The predicted octanol–water partition coefficient (Wildman–Crippen LogP) is 3.95. The fourth-order valence-corrected chi connectivity index (χ4v) is 1.88. The van der Waals surface area contributed by atoms with Crippen LogP contribution in [0.3, 0.4) is 0 Å². The van der Waals surface area contributed by atoms with Gasteiger partial charge in [0.2, 0.25) is 0 Å². The maximum absolute atomic E-state index is 9.12. The summed E-state index contributed by atoms with van der Waals surface area (Å²) in [6.45, 7) is 1.87. The van der Waals surface area contributed by atoms with Crippen LogP contribution in [0, 0.1) is 18.3 Å². The summed E-state index contributed by atoms with van der Waals surface area (Å²) in [5.74, 6) is 1.22. The van der Waals surface area contributed by atoms with Crippen LogP contribution in [0.1, 0.15) is 16.8 Å². The minimum Gasteiger partial charge on any atom is -0.454 e. The average Bonchev–Trinajstić information content (AvgIpc) is 2.41. The lowest BCUT2D eigenvalue weighted by molar-refractivity contribution is 0.474. The Balaban J connectivity index is 2.35. The van der Waals surface area contributed by atoms with Gasteiger partial charge in [-0.1, -0.05) is 22.0 Å². The first-order valence-corrected chi connectivity index (χ1v) is 6.55. The molecule has 0 radical (unpaired) electrons. The van der Waals surface area contributed by atoms with Gasteiger partial charge in [-0.15, -0.1) is 0 Å². The number of hydrogen-bond donors (Lipinski definition) is 0. The third kappa shape index (κ3) is 2.69. The van der Waals surface area contributed by atoms with Crippen LogP contribution >= 0.6 is 15.9 Å². The van der Waals surface area contributed by atoms with Crippen molar-refractivity contribution >= 4 is 15.9 Å². The fourth-order valence-electron chi connectivity index (χ4n) is 1.53. The Bertz CT molecular complexity index is 605. The van der Waals surface area contributed by atoms with Crippen LogP contribution in [-0.2, 0) is 5.33 Å². The second kappa shape index (κ2) is 5.65. The quantitative estimate of drug-likeness (QED) is 0.807. The van der Waals surface area contributed by atoms with Crippen molar-refractivity contribution in [2.24, 2.45) is 0 Å². The summed E-state index contributed by atoms with van der Waals surface area (Å²) < 4.78 is 5.73. The van der Waals surface area contributed by atoms with Crippen molar-refractivity contribution < 1.29 is 4.74 Å². The second-order valence-corrected chi connectivity index (χ2v) is 4.33. The summed E-state index contributed by atoms with van der Waals surface area (Å²) in [7, 11) is 0. The molecule has 90 valence electrons. The van der Waals surface area contributed by atoms with Gasteiger partial charge >= 0.3 is 0 Å². The molecule has 0 unspecified atom stereocenters. The van der Waals surface area contributed by atoms with Crippen molar-refractivity contribution in [3.8, 4) is 17.6 Å². The van der Waals surface area contributed by atoms with Gasteiger partial charge in [-0.2, -0.15) is 5.26 Å². The standard InChI is InChI=1S/C14H11BrN2O/c1-10-13(3-2-6-17-10)18-14-5-4-11(8-15)7-12(14)9-16/h2-7H,8H2,1H3. The minimum absolute atomic E-state index is 0.523. The summed E-state index contributed by atoms with van der Waals surface area (Å²) >= 11 is 3.36. The first-order chi connectivity index (χ1) is 8.74. The molecule has 0 bridgehead atoms. The molecule has 0 fully saturated rings. The molecule has 2 aromatic rings. The van der Waals surface area contributed by atoms with Gasteiger partial charge < -0.3 is 4.74 Å². The van der Waals surface area contributed by atoms with Gasteiger partial charge in [0.05, 0.1) is 11.3 Å². The fraction of sp³-hybridized carbons (Fsp3) is 0.143. The van der Waals surface area contributed by atoms with E-state index in [9.17, 15) is 0 Å². The smallest absolute Gasteiger partial charge is 0.148 e. The van der Waals surface area contributed by atoms with Crippen molar-refractivity contribution in [1.82, 2.24) is 4.98 Å². The molecule has 3 nitrogen and oxygen atoms in total. The Labute approximate surface area is 114 Å². The molecule has 0 aliphatic rings. The van der Waals surface area contributed by atoms with E-state index in [1.165, 1.54) is 0 Å². The molecule has 18 heavy (non-hydrogen) atoms. The number of alkyl halides is 1. The van der Waals surface area contributed by atoms with E-state index in [1.54, 1.807) is 12.3 Å². The average molecular weight is 303 g/mol. The highest BCUT2D eigenvalue weighted by atomic mass is 79.9. The van der Waals surface area contributed by atoms with Crippen molar-refractivity contribution in [3.63, 3.8) is 0 Å². The van der Waals surface area contributed by atoms with E-state index in [4.69, 9.17) is 10.00 Å². The maximum atomic E-state index is 9.12. The summed E-state index contributed by atoms with van der Waals surface area (Å²) in [4.78, 5) is 4.15. The number of benzene rings is 1. The lowest BCUT2D eigenvalue weighted by Crippen LogP contribution is -1.93. The number of hydrogen-bond acceptors (Lipinski definition) is 3. The highest BCUT2D eigenvalue weighted by Gasteiger charge is 2.07. The summed E-state index contributed by atoms with van der Waals surface area (Å²) in [5.41, 5.74) is 2.36. The van der Waals surface area contributed by atoms with E-state index in [0.29, 0.717) is 22.4 Å². The van der Waals surface area contributed by atoms with Crippen LogP contribution in [0.2, 0.25) is 0 Å². The van der Waals surface area contributed by atoms with Gasteiger partial charge in [0.15, 0.2) is 0 Å². The van der Waals surface area contributed by atoms with Gasteiger partial charge in [-0.05, 0) is 36.8 Å². The molecule has 0 spiro atoms. The molecule has 0 saturated heterocycles. The van der Waals surface area contributed by atoms with Crippen molar-refractivity contribution in [2.45, 2.75) is 12.3 Å². The van der Waals surface area contributed by atoms with E-state index in [0.717, 1.165) is 11.3 Å². The molecular weight excluding hydrogens is 292 g/mol. The highest BCUT2D eigenvalue weighted by molar-refractivity contribution is 9.08. The molecule has 0 N–H and O–H groups in total. The van der Waals surface area contributed by atoms with E-state index >= 15 is 0 Å². The largest absolute Gasteiger partial charge is 0.454 e. The summed E-state index contributed by atoms with van der Waals surface area (Å²) in [6, 6.07) is 11.3. The zero-order valence-corrected chi connectivity index (χ0v) is 11.4. The van der Waals surface area contributed by atoms with E-state index in [1.807, 2.05) is 31.2 Å². The SMILES string of the molecule is Cc1ncccc1Oc1ccc(CBr)cc1C#N. The third-order valence-corrected chi connectivity index (χ3v) is 3.14. The number of ether oxygens (including phenoxy) is 1. The first kappa shape index (κ1) is 12.6. The number of rotatable bonds is 3. The van der Waals surface area contributed by atoms with E-state index < -0.39 is 0 Å². The molecule has 4 heteroatoms. The van der Waals surface area contributed by atoms with Crippen molar-refractivity contribution in [3.05, 3.63) is 53.3 Å². The number of aryl methyl sites for hydroxylation is 1. The minimum atomic E-state index is 0.523. The summed E-state index contributed by atoms with van der Waals surface area (Å²) in [6.07, 6.45) is 1.71. The topological polar surface area (TPSA) is 45.9 Å². The van der Waals surface area contributed by atoms with Crippen molar-refractivity contribution in [1.29, 1.82) is 5.26 Å². The molecule has 1 aromatic heterocycles. The molecular formula is C14H11BrN2O. The van der Waals surface area contributed by atoms with Gasteiger partial charge in [-0.25, -0.2) is 0 Å². The molecule has 2 rings (SSSR count). The number of aromatic nitrogens is 1. The highest BCUT2D eigenvalue weighted by Crippen LogP contribution is 2.27. The first-order valence-electron chi connectivity index (χ1n) is 5.43. The molecule has 0 aliphatic carbocycles. The van der Waals surface area contributed by atoms with Crippen LogP contribution < -0.4 is 4.74 Å². The number of halogens is 1. The Morgan fingerprint density at radius 1 is 1.33 bits per heavy atom. The Morgan fingerprint density at radius 2 is 2.17 bits per heavy atom. The van der Waals surface area contributed by atoms with E-state index in [-0.39, 0.29) is 0 Å². The Kier molecular flexibility index (Phi) is 3.96. The Morgan fingerprint density at radius 3 is 2.83 bits per heavy atom. The van der Waals surface area contributed by atoms with E-state index in [2.05, 4.69) is 27.0 Å². The molecule has 1 heterocycles. The van der Waals surface area contributed by atoms with Gasteiger partial charge in [-0.3, -0.25) is 4.98 Å². The molecule has 0 amide bonds. The third-order valence-electron chi connectivity index (χ3n) is 2.50. The van der Waals surface area contributed by atoms with Gasteiger partial charge in [0.25, 0.3) is 0 Å². The van der Waals surface area contributed by atoms with Gasteiger partial charge in [0, 0.05) is 11.5 Å². The maximum Gasteiger partial charge on any atom is 0.148 e. The number of nitrogens with zero attached hydrogens (tertiary/aromatic N) is 2. The zero-order chi connectivity index (χ0) is 13.0. The molecule has 1 aromatic carbocycles. The molecule has 0 aliphatic heterocycles. The number of pyridine rings is 1. The van der Waals surface area contributed by atoms with Gasteiger partial charge in [0.1, 0.15) is 17.6 Å².